The zero-order valence-electron chi connectivity index (χ0n) is 23.9. The average Bonchev–Trinajstić information content (AvgIpc) is 3.76. The summed E-state index contributed by atoms with van der Waals surface area (Å²) in [5.41, 5.74) is 10.6. The van der Waals surface area contributed by atoms with Gasteiger partial charge in [0.15, 0.2) is 0 Å². The lowest BCUT2D eigenvalue weighted by Gasteiger charge is -2.31. The minimum absolute atomic E-state index is 0.168. The summed E-state index contributed by atoms with van der Waals surface area (Å²) < 4.78 is 0. The highest BCUT2D eigenvalue weighted by Crippen LogP contribution is 2.25. The van der Waals surface area contributed by atoms with Gasteiger partial charge in [-0.05, 0) is 44.9 Å². The second-order valence-electron chi connectivity index (χ2n) is 10.8. The molecule has 0 bridgehead atoms. The van der Waals surface area contributed by atoms with E-state index in [1.807, 2.05) is 0 Å². The molecule has 17 heteroatoms. The Bertz CT molecular complexity index is 1130. The number of carboxylic acids is 1. The van der Waals surface area contributed by atoms with Crippen LogP contribution in [0.25, 0.3) is 0 Å². The second-order valence-corrected chi connectivity index (χ2v) is 10.8. The maximum Gasteiger partial charge on any atom is 0.322 e. The number of hydrogen-bond acceptors (Lipinski definition) is 9. The van der Waals surface area contributed by atoms with Gasteiger partial charge in [-0.1, -0.05) is 0 Å². The number of hydrogen-bond donors (Lipinski definition) is 6. The number of nitrogens with zero attached hydrogens (tertiary/aromatic N) is 3. The van der Waals surface area contributed by atoms with E-state index in [-0.39, 0.29) is 44.2 Å². The fraction of sp³-hybridized carbons (Fsp3) is 0.692. The van der Waals surface area contributed by atoms with Crippen molar-refractivity contribution >= 4 is 47.3 Å². The van der Waals surface area contributed by atoms with Crippen molar-refractivity contribution in [2.75, 3.05) is 39.3 Å². The molecule has 3 heterocycles. The first-order valence-corrected chi connectivity index (χ1v) is 14.4. The predicted molar refractivity (Wildman–Crippen MR) is 147 cm³/mol. The van der Waals surface area contributed by atoms with Gasteiger partial charge in [0.05, 0.1) is 13.1 Å². The van der Waals surface area contributed by atoms with E-state index in [0.29, 0.717) is 45.2 Å². The molecule has 3 aliphatic heterocycles. The third-order valence-electron chi connectivity index (χ3n) is 7.89. The first kappa shape index (κ1) is 33.2. The molecule has 0 aromatic rings. The van der Waals surface area contributed by atoms with Crippen LogP contribution in [0, 0.1) is 0 Å². The van der Waals surface area contributed by atoms with Crippen molar-refractivity contribution in [1.29, 1.82) is 0 Å². The molecule has 8 N–H and O–H groups in total. The van der Waals surface area contributed by atoms with E-state index >= 15 is 0 Å². The zero-order chi connectivity index (χ0) is 31.7. The number of rotatable bonds is 13. The summed E-state index contributed by atoms with van der Waals surface area (Å²) in [7, 11) is 0. The fourth-order valence-corrected chi connectivity index (χ4v) is 5.76. The molecule has 0 radical (unpaired) electrons. The molecule has 0 aromatic carbocycles. The van der Waals surface area contributed by atoms with E-state index in [1.165, 1.54) is 14.7 Å². The van der Waals surface area contributed by atoms with Gasteiger partial charge in [0.1, 0.15) is 30.7 Å². The van der Waals surface area contributed by atoms with E-state index < -0.39 is 72.8 Å². The molecule has 0 unspecified atom stereocenters. The lowest BCUT2D eigenvalue weighted by atomic mass is 10.1. The van der Waals surface area contributed by atoms with Crippen molar-refractivity contribution in [3.63, 3.8) is 0 Å². The Hall–Kier alpha value is -4.28. The molecule has 0 saturated carbocycles. The van der Waals surface area contributed by atoms with E-state index in [2.05, 4.69) is 16.0 Å². The summed E-state index contributed by atoms with van der Waals surface area (Å²) in [4.78, 5) is 103. The Labute approximate surface area is 248 Å². The standard InChI is InChI=1S/C26H40N8O9/c27-12-20(36)33-10-3-6-18(33)26(43)34-11-2-4-16(34)24(41)29-13-21(37)32-9-1-5-17(32)25(42)31-15(7-8-19(28)35)23(40)30-14-22(38)39/h15-18H,1-14,27H2,(H2,28,35)(H,29,41)(H,30,40)(H,31,42)(H,38,39)/t15-,16-,17-,18-/m0/s1. The van der Waals surface area contributed by atoms with Crippen molar-refractivity contribution in [2.45, 2.75) is 75.5 Å². The molecule has 17 nitrogen and oxygen atoms in total. The van der Waals surface area contributed by atoms with Crippen LogP contribution in [0.5, 0.6) is 0 Å². The Kier molecular flexibility index (Phi) is 11.8. The van der Waals surface area contributed by atoms with Crippen molar-refractivity contribution < 1.29 is 43.5 Å². The van der Waals surface area contributed by atoms with Crippen molar-refractivity contribution in [3.05, 3.63) is 0 Å². The molecule has 238 valence electrons. The topological polar surface area (TPSA) is 255 Å². The van der Waals surface area contributed by atoms with E-state index in [9.17, 15) is 38.4 Å². The number of likely N-dealkylation sites (tertiary alicyclic amines) is 3. The van der Waals surface area contributed by atoms with Crippen LogP contribution in [0.1, 0.15) is 51.4 Å². The molecule has 0 aromatic heterocycles. The van der Waals surface area contributed by atoms with Crippen LogP contribution in [0.2, 0.25) is 0 Å². The maximum absolute atomic E-state index is 13.3. The summed E-state index contributed by atoms with van der Waals surface area (Å²) >= 11 is 0. The highest BCUT2D eigenvalue weighted by atomic mass is 16.4. The number of nitrogens with one attached hydrogen (secondary N) is 3. The van der Waals surface area contributed by atoms with Gasteiger partial charge in [-0.2, -0.15) is 0 Å². The average molecular weight is 609 g/mol. The minimum atomic E-state index is -1.30. The number of aliphatic carboxylic acids is 1. The number of amides is 7. The van der Waals surface area contributed by atoms with Gasteiger partial charge in [0.2, 0.25) is 41.4 Å². The summed E-state index contributed by atoms with van der Waals surface area (Å²) in [6.07, 6.45) is 2.48. The molecule has 3 aliphatic rings. The molecule has 4 atom stereocenters. The summed E-state index contributed by atoms with van der Waals surface area (Å²) in [6, 6.07) is -3.68. The molecule has 0 aliphatic carbocycles. The molecular weight excluding hydrogens is 568 g/mol. The molecule has 3 fully saturated rings. The van der Waals surface area contributed by atoms with Gasteiger partial charge in [-0.15, -0.1) is 0 Å². The van der Waals surface area contributed by atoms with Crippen molar-refractivity contribution in [1.82, 2.24) is 30.7 Å². The summed E-state index contributed by atoms with van der Waals surface area (Å²) in [6.45, 7) is -0.328. The normalized spacial score (nSPS) is 22.2. The van der Waals surface area contributed by atoms with Gasteiger partial charge in [-0.3, -0.25) is 38.4 Å². The third kappa shape index (κ3) is 8.62. The molecule has 7 amide bonds. The second kappa shape index (κ2) is 15.3. The van der Waals surface area contributed by atoms with Crippen LogP contribution >= 0.6 is 0 Å². The lowest BCUT2D eigenvalue weighted by Crippen LogP contribution is -2.56. The smallest absolute Gasteiger partial charge is 0.322 e. The number of carboxylic acid groups (broad SMARTS) is 1. The first-order valence-electron chi connectivity index (χ1n) is 14.4. The molecule has 43 heavy (non-hydrogen) atoms. The highest BCUT2D eigenvalue weighted by molar-refractivity contribution is 5.96. The van der Waals surface area contributed by atoms with E-state index in [1.54, 1.807) is 0 Å². The van der Waals surface area contributed by atoms with Crippen molar-refractivity contribution in [2.24, 2.45) is 11.5 Å². The van der Waals surface area contributed by atoms with Crippen LogP contribution < -0.4 is 27.4 Å². The highest BCUT2D eigenvalue weighted by Gasteiger charge is 2.42. The van der Waals surface area contributed by atoms with Gasteiger partial charge >= 0.3 is 5.97 Å². The largest absolute Gasteiger partial charge is 0.480 e. The van der Waals surface area contributed by atoms with Gasteiger partial charge in [0.25, 0.3) is 0 Å². The monoisotopic (exact) mass is 608 g/mol. The van der Waals surface area contributed by atoms with Crippen LogP contribution in [0.3, 0.4) is 0 Å². The van der Waals surface area contributed by atoms with Crippen LogP contribution in [0.15, 0.2) is 0 Å². The molecule has 3 saturated heterocycles. The first-order chi connectivity index (χ1) is 20.4. The third-order valence-corrected chi connectivity index (χ3v) is 7.89. The van der Waals surface area contributed by atoms with E-state index in [0.717, 1.165) is 0 Å². The lowest BCUT2D eigenvalue weighted by molar-refractivity contribution is -0.146. The van der Waals surface area contributed by atoms with Crippen LogP contribution in [-0.4, -0.2) is 131 Å². The van der Waals surface area contributed by atoms with Gasteiger partial charge in [0, 0.05) is 26.1 Å². The van der Waals surface area contributed by atoms with Crippen LogP contribution in [0.4, 0.5) is 0 Å². The Morgan fingerprint density at radius 3 is 1.88 bits per heavy atom. The molecular formula is C26H40N8O9. The number of nitrogens with two attached hydrogens (primary N) is 2. The van der Waals surface area contributed by atoms with E-state index in [4.69, 9.17) is 16.6 Å². The number of carbonyl (C=O) groups is 8. The quantitative estimate of drug-likeness (QED) is 0.118. The SMILES string of the molecule is NCC(=O)N1CCC[C@H]1C(=O)N1CCC[C@H]1C(=O)NCC(=O)N1CCC[C@H]1C(=O)N[C@@H](CCC(N)=O)C(=O)NCC(=O)O. The maximum atomic E-state index is 13.3. The van der Waals surface area contributed by atoms with Gasteiger partial charge in [-0.25, -0.2) is 0 Å². The summed E-state index contributed by atoms with van der Waals surface area (Å²) in [5.74, 6) is -5.20. The van der Waals surface area contributed by atoms with Gasteiger partial charge < -0.3 is 47.2 Å². The van der Waals surface area contributed by atoms with Crippen molar-refractivity contribution in [3.8, 4) is 0 Å². The number of carbonyl (C=O) groups excluding carboxylic acids is 7. The fourth-order valence-electron chi connectivity index (χ4n) is 5.76. The Morgan fingerprint density at radius 1 is 0.744 bits per heavy atom. The summed E-state index contributed by atoms with van der Waals surface area (Å²) in [5, 5.41) is 16.0. The molecule has 3 rings (SSSR count). The predicted octanol–water partition coefficient (Wildman–Crippen LogP) is -4.01. The Morgan fingerprint density at radius 2 is 1.30 bits per heavy atom. The zero-order valence-corrected chi connectivity index (χ0v) is 23.9. The number of primary amides is 1. The Balaban J connectivity index is 1.57. The molecule has 0 spiro atoms. The minimum Gasteiger partial charge on any atom is -0.480 e. The van der Waals surface area contributed by atoms with Crippen LogP contribution in [-0.2, 0) is 38.4 Å².